The molecule has 0 spiro atoms. The maximum atomic E-state index is 13.2. The van der Waals surface area contributed by atoms with Crippen molar-refractivity contribution in [2.45, 2.75) is 25.9 Å². The van der Waals surface area contributed by atoms with Crippen LogP contribution in [0.4, 0.5) is 8.78 Å². The van der Waals surface area contributed by atoms with E-state index < -0.39 is 11.6 Å². The van der Waals surface area contributed by atoms with E-state index in [9.17, 15) is 8.78 Å². The molecule has 19 heavy (non-hydrogen) atoms. The fourth-order valence-electron chi connectivity index (χ4n) is 1.87. The second-order valence-electron chi connectivity index (χ2n) is 4.86. The Balaban J connectivity index is 2.69. The minimum atomic E-state index is -0.860. The highest BCUT2D eigenvalue weighted by Crippen LogP contribution is 2.16. The summed E-state index contributed by atoms with van der Waals surface area (Å²) in [4.78, 5) is 2.15. The van der Waals surface area contributed by atoms with Crippen LogP contribution in [-0.2, 0) is 4.74 Å². The van der Waals surface area contributed by atoms with Crippen molar-refractivity contribution >= 4 is 0 Å². The first-order valence-electron chi connectivity index (χ1n) is 6.39. The SMILES string of the molecule is COCCN(CC(N)c1ccc(F)c(F)c1)C(C)C. The van der Waals surface area contributed by atoms with Crippen LogP contribution in [0.25, 0.3) is 0 Å². The van der Waals surface area contributed by atoms with Crippen LogP contribution in [0.2, 0.25) is 0 Å². The Bertz CT molecular complexity index is 399. The Morgan fingerprint density at radius 2 is 1.95 bits per heavy atom. The first kappa shape index (κ1) is 16.0. The van der Waals surface area contributed by atoms with Crippen LogP contribution in [-0.4, -0.2) is 37.7 Å². The molecule has 0 heterocycles. The summed E-state index contributed by atoms with van der Waals surface area (Å²) in [5.41, 5.74) is 6.65. The lowest BCUT2D eigenvalue weighted by atomic mass is 10.1. The van der Waals surface area contributed by atoms with E-state index in [4.69, 9.17) is 10.5 Å². The largest absolute Gasteiger partial charge is 0.383 e. The summed E-state index contributed by atoms with van der Waals surface area (Å²) in [5, 5.41) is 0. The molecule has 0 aliphatic carbocycles. The lowest BCUT2D eigenvalue weighted by Gasteiger charge is -2.29. The molecular formula is C14H22F2N2O. The Morgan fingerprint density at radius 1 is 1.26 bits per heavy atom. The average Bonchev–Trinajstić information content (AvgIpc) is 2.37. The monoisotopic (exact) mass is 272 g/mol. The summed E-state index contributed by atoms with van der Waals surface area (Å²) in [7, 11) is 1.65. The van der Waals surface area contributed by atoms with Crippen molar-refractivity contribution < 1.29 is 13.5 Å². The minimum Gasteiger partial charge on any atom is -0.383 e. The molecule has 0 aliphatic rings. The second-order valence-corrected chi connectivity index (χ2v) is 4.86. The highest BCUT2D eigenvalue weighted by molar-refractivity contribution is 5.21. The summed E-state index contributed by atoms with van der Waals surface area (Å²) in [5.74, 6) is -1.71. The number of halogens is 2. The molecule has 0 aromatic heterocycles. The van der Waals surface area contributed by atoms with Gasteiger partial charge in [0.2, 0.25) is 0 Å². The smallest absolute Gasteiger partial charge is 0.159 e. The Hall–Kier alpha value is -1.04. The highest BCUT2D eigenvalue weighted by Gasteiger charge is 2.16. The van der Waals surface area contributed by atoms with E-state index in [1.165, 1.54) is 6.07 Å². The molecule has 0 amide bonds. The normalized spacial score (nSPS) is 13.3. The van der Waals surface area contributed by atoms with Gasteiger partial charge in [-0.15, -0.1) is 0 Å². The molecule has 108 valence electrons. The number of ether oxygens (including phenoxy) is 1. The van der Waals surface area contributed by atoms with Crippen molar-refractivity contribution in [2.75, 3.05) is 26.8 Å². The van der Waals surface area contributed by atoms with Crippen LogP contribution < -0.4 is 5.73 Å². The number of rotatable bonds is 7. The fraction of sp³-hybridized carbons (Fsp3) is 0.571. The van der Waals surface area contributed by atoms with Crippen LogP contribution in [0.15, 0.2) is 18.2 Å². The predicted octanol–water partition coefficient (Wildman–Crippen LogP) is 2.32. The van der Waals surface area contributed by atoms with Crippen LogP contribution >= 0.6 is 0 Å². The Kier molecular flexibility index (Phi) is 6.34. The molecule has 1 unspecified atom stereocenters. The van der Waals surface area contributed by atoms with Gasteiger partial charge in [0.15, 0.2) is 11.6 Å². The number of benzene rings is 1. The van der Waals surface area contributed by atoms with E-state index in [-0.39, 0.29) is 6.04 Å². The molecule has 0 saturated carbocycles. The van der Waals surface area contributed by atoms with E-state index in [0.717, 1.165) is 18.7 Å². The first-order valence-corrected chi connectivity index (χ1v) is 6.39. The quantitative estimate of drug-likeness (QED) is 0.828. The van der Waals surface area contributed by atoms with Gasteiger partial charge in [-0.3, -0.25) is 4.90 Å². The second kappa shape index (κ2) is 7.53. The number of methoxy groups -OCH3 is 1. The van der Waals surface area contributed by atoms with Gasteiger partial charge in [0.05, 0.1) is 6.61 Å². The van der Waals surface area contributed by atoms with Gasteiger partial charge < -0.3 is 10.5 Å². The maximum absolute atomic E-state index is 13.2. The van der Waals surface area contributed by atoms with Gasteiger partial charge in [-0.1, -0.05) is 6.07 Å². The van der Waals surface area contributed by atoms with E-state index in [1.807, 2.05) is 0 Å². The molecule has 1 atom stereocenters. The third-order valence-electron chi connectivity index (χ3n) is 3.12. The summed E-state index contributed by atoms with van der Waals surface area (Å²) in [6, 6.07) is 3.76. The molecule has 0 aliphatic heterocycles. The predicted molar refractivity (Wildman–Crippen MR) is 71.9 cm³/mol. The zero-order valence-corrected chi connectivity index (χ0v) is 11.7. The summed E-state index contributed by atoms with van der Waals surface area (Å²) in [6.07, 6.45) is 0. The maximum Gasteiger partial charge on any atom is 0.159 e. The van der Waals surface area contributed by atoms with Crippen molar-refractivity contribution in [2.24, 2.45) is 5.73 Å². The van der Waals surface area contributed by atoms with Crippen molar-refractivity contribution in [1.82, 2.24) is 4.90 Å². The number of hydrogen-bond donors (Lipinski definition) is 1. The molecule has 1 rings (SSSR count). The van der Waals surface area contributed by atoms with E-state index >= 15 is 0 Å². The minimum absolute atomic E-state index is 0.312. The van der Waals surface area contributed by atoms with Crippen molar-refractivity contribution in [1.29, 1.82) is 0 Å². The summed E-state index contributed by atoms with van der Waals surface area (Å²) < 4.78 is 31.1. The average molecular weight is 272 g/mol. The van der Waals surface area contributed by atoms with E-state index in [1.54, 1.807) is 7.11 Å². The topological polar surface area (TPSA) is 38.5 Å². The van der Waals surface area contributed by atoms with Gasteiger partial charge in [0.25, 0.3) is 0 Å². The first-order chi connectivity index (χ1) is 8.95. The number of nitrogens with two attached hydrogens (primary N) is 1. The fourth-order valence-corrected chi connectivity index (χ4v) is 1.87. The molecule has 5 heteroatoms. The summed E-state index contributed by atoms with van der Waals surface area (Å²) in [6.45, 7) is 6.07. The number of nitrogens with zero attached hydrogens (tertiary/aromatic N) is 1. The summed E-state index contributed by atoms with van der Waals surface area (Å²) >= 11 is 0. The lowest BCUT2D eigenvalue weighted by Crippen LogP contribution is -2.39. The molecule has 1 aromatic rings. The van der Waals surface area contributed by atoms with E-state index in [2.05, 4.69) is 18.7 Å². The third-order valence-corrected chi connectivity index (χ3v) is 3.12. The van der Waals surface area contributed by atoms with Crippen LogP contribution in [0.3, 0.4) is 0 Å². The lowest BCUT2D eigenvalue weighted by molar-refractivity contribution is 0.125. The van der Waals surface area contributed by atoms with Crippen molar-refractivity contribution in [3.8, 4) is 0 Å². The standard InChI is InChI=1S/C14H22F2N2O/c1-10(2)18(6-7-19-3)9-14(17)11-4-5-12(15)13(16)8-11/h4-5,8,10,14H,6-7,9,17H2,1-3H3. The molecule has 1 aromatic carbocycles. The number of hydrogen-bond acceptors (Lipinski definition) is 3. The molecule has 0 bridgehead atoms. The van der Waals surface area contributed by atoms with E-state index in [0.29, 0.717) is 24.8 Å². The molecule has 2 N–H and O–H groups in total. The van der Waals surface area contributed by atoms with Gasteiger partial charge in [0.1, 0.15) is 0 Å². The Labute approximate surface area is 113 Å². The van der Waals surface area contributed by atoms with Crippen LogP contribution in [0, 0.1) is 11.6 Å². The van der Waals surface area contributed by atoms with Gasteiger partial charge in [-0.2, -0.15) is 0 Å². The van der Waals surface area contributed by atoms with Crippen LogP contribution in [0.1, 0.15) is 25.5 Å². The van der Waals surface area contributed by atoms with Crippen molar-refractivity contribution in [3.63, 3.8) is 0 Å². The third kappa shape index (κ3) is 4.86. The zero-order chi connectivity index (χ0) is 14.4. The zero-order valence-electron chi connectivity index (χ0n) is 11.7. The van der Waals surface area contributed by atoms with Gasteiger partial charge in [-0.25, -0.2) is 8.78 Å². The molecule has 0 radical (unpaired) electrons. The van der Waals surface area contributed by atoms with Gasteiger partial charge in [-0.05, 0) is 31.5 Å². The Morgan fingerprint density at radius 3 is 2.47 bits per heavy atom. The molecule has 0 fully saturated rings. The van der Waals surface area contributed by atoms with Crippen molar-refractivity contribution in [3.05, 3.63) is 35.4 Å². The molecule has 0 saturated heterocycles. The van der Waals surface area contributed by atoms with Crippen LogP contribution in [0.5, 0.6) is 0 Å². The van der Waals surface area contributed by atoms with Gasteiger partial charge in [0, 0.05) is 32.3 Å². The molecule has 3 nitrogen and oxygen atoms in total. The highest BCUT2D eigenvalue weighted by atomic mass is 19.2. The van der Waals surface area contributed by atoms with Gasteiger partial charge >= 0.3 is 0 Å². The molecular weight excluding hydrogens is 250 g/mol.